The van der Waals surface area contributed by atoms with Crippen LogP contribution in [0, 0.1) is 6.92 Å². The molecule has 0 saturated carbocycles. The Kier molecular flexibility index (Phi) is 4.30. The van der Waals surface area contributed by atoms with Gasteiger partial charge in [-0.25, -0.2) is 4.79 Å². The van der Waals surface area contributed by atoms with Crippen molar-refractivity contribution in [3.63, 3.8) is 0 Å². The number of hydrogen-bond acceptors (Lipinski definition) is 6. The largest absolute Gasteiger partial charge is 0.484 e. The molecule has 4 aromatic rings. The van der Waals surface area contributed by atoms with Crippen LogP contribution in [0.1, 0.15) is 11.5 Å². The van der Waals surface area contributed by atoms with Crippen LogP contribution in [-0.2, 0) is 6.61 Å². The molecule has 0 fully saturated rings. The standard InChI is InChI=1S/C19H13BrN2O4/c1-11-7-18(23)25-16-9-14(5-6-15(11)16)24-10-17-21-19(22-26-17)12-3-2-4-13(20)8-12/h2-9H,10H2,1H3. The fraction of sp³-hybridized carbons (Fsp3) is 0.105. The second-order valence-corrected chi connectivity index (χ2v) is 6.63. The average Bonchev–Trinajstić information content (AvgIpc) is 3.08. The molecule has 2 heterocycles. The van der Waals surface area contributed by atoms with E-state index < -0.39 is 0 Å². The summed E-state index contributed by atoms with van der Waals surface area (Å²) in [4.78, 5) is 15.8. The summed E-state index contributed by atoms with van der Waals surface area (Å²) in [7, 11) is 0. The van der Waals surface area contributed by atoms with Gasteiger partial charge in [0, 0.05) is 27.6 Å². The Bertz CT molecular complexity index is 1150. The predicted molar refractivity (Wildman–Crippen MR) is 99.0 cm³/mol. The number of ether oxygens (including phenoxy) is 1. The van der Waals surface area contributed by atoms with Gasteiger partial charge in [-0.2, -0.15) is 4.98 Å². The molecule has 130 valence electrons. The van der Waals surface area contributed by atoms with Gasteiger partial charge in [0.25, 0.3) is 5.89 Å². The van der Waals surface area contributed by atoms with Crippen LogP contribution in [0.5, 0.6) is 5.75 Å². The van der Waals surface area contributed by atoms with Gasteiger partial charge in [0.15, 0.2) is 6.61 Å². The molecule has 2 aromatic carbocycles. The zero-order valence-corrected chi connectivity index (χ0v) is 15.3. The molecule has 0 aliphatic carbocycles. The van der Waals surface area contributed by atoms with Crippen molar-refractivity contribution in [1.29, 1.82) is 0 Å². The van der Waals surface area contributed by atoms with Crippen LogP contribution < -0.4 is 10.4 Å². The zero-order chi connectivity index (χ0) is 18.1. The van der Waals surface area contributed by atoms with Crippen LogP contribution in [0.4, 0.5) is 0 Å². The number of hydrogen-bond donors (Lipinski definition) is 0. The summed E-state index contributed by atoms with van der Waals surface area (Å²) >= 11 is 3.42. The molecule has 6 nitrogen and oxygen atoms in total. The molecule has 0 bridgehead atoms. The molecule has 0 aliphatic heterocycles. The van der Waals surface area contributed by atoms with E-state index in [-0.39, 0.29) is 12.2 Å². The molecule has 7 heteroatoms. The third-order valence-electron chi connectivity index (χ3n) is 3.84. The Hall–Kier alpha value is -2.93. The summed E-state index contributed by atoms with van der Waals surface area (Å²) in [6.07, 6.45) is 0. The molecule has 0 radical (unpaired) electrons. The van der Waals surface area contributed by atoms with Crippen LogP contribution in [0.2, 0.25) is 0 Å². The maximum Gasteiger partial charge on any atom is 0.336 e. The van der Waals surface area contributed by atoms with Gasteiger partial charge in [-0.15, -0.1) is 0 Å². The lowest BCUT2D eigenvalue weighted by molar-refractivity contribution is 0.243. The molecule has 4 rings (SSSR count). The Morgan fingerprint density at radius 1 is 1.15 bits per heavy atom. The van der Waals surface area contributed by atoms with Crippen molar-refractivity contribution in [3.05, 3.63) is 74.9 Å². The molecule has 0 N–H and O–H groups in total. The fourth-order valence-corrected chi connectivity index (χ4v) is 3.00. The van der Waals surface area contributed by atoms with E-state index in [0.29, 0.717) is 23.0 Å². The van der Waals surface area contributed by atoms with Gasteiger partial charge in [-0.3, -0.25) is 0 Å². The molecule has 0 atom stereocenters. The van der Waals surface area contributed by atoms with E-state index in [2.05, 4.69) is 26.1 Å². The van der Waals surface area contributed by atoms with Crippen molar-refractivity contribution >= 4 is 26.9 Å². The van der Waals surface area contributed by atoms with Crippen molar-refractivity contribution in [3.8, 4) is 17.1 Å². The highest BCUT2D eigenvalue weighted by atomic mass is 79.9. The zero-order valence-electron chi connectivity index (χ0n) is 13.7. The van der Waals surface area contributed by atoms with Gasteiger partial charge in [-0.05, 0) is 36.8 Å². The first kappa shape index (κ1) is 16.5. The SMILES string of the molecule is Cc1cc(=O)oc2cc(OCc3nc(-c4cccc(Br)c4)no3)ccc12. The Labute approximate surface area is 156 Å². The van der Waals surface area contributed by atoms with Crippen LogP contribution in [-0.4, -0.2) is 10.1 Å². The highest BCUT2D eigenvalue weighted by molar-refractivity contribution is 9.10. The first-order valence-corrected chi connectivity index (χ1v) is 8.63. The summed E-state index contributed by atoms with van der Waals surface area (Å²) in [5.74, 6) is 1.39. The minimum absolute atomic E-state index is 0.114. The summed E-state index contributed by atoms with van der Waals surface area (Å²) in [5, 5.41) is 4.83. The molecule has 0 unspecified atom stereocenters. The van der Waals surface area contributed by atoms with Gasteiger partial charge in [0.05, 0.1) is 0 Å². The third-order valence-corrected chi connectivity index (χ3v) is 4.33. The first-order valence-electron chi connectivity index (χ1n) is 7.84. The topological polar surface area (TPSA) is 78.4 Å². The smallest absolute Gasteiger partial charge is 0.336 e. The van der Waals surface area contributed by atoms with Crippen LogP contribution in [0.15, 0.2) is 66.7 Å². The lowest BCUT2D eigenvalue weighted by atomic mass is 10.1. The van der Waals surface area contributed by atoms with Crippen LogP contribution >= 0.6 is 15.9 Å². The first-order chi connectivity index (χ1) is 12.6. The highest BCUT2D eigenvalue weighted by Gasteiger charge is 2.10. The summed E-state index contributed by atoms with van der Waals surface area (Å²) < 4.78 is 17.1. The summed E-state index contributed by atoms with van der Waals surface area (Å²) in [6.45, 7) is 1.98. The van der Waals surface area contributed by atoms with E-state index in [1.165, 1.54) is 6.07 Å². The Morgan fingerprint density at radius 3 is 2.88 bits per heavy atom. The van der Waals surface area contributed by atoms with Gasteiger partial charge in [-0.1, -0.05) is 33.2 Å². The monoisotopic (exact) mass is 412 g/mol. The van der Waals surface area contributed by atoms with Crippen molar-refractivity contribution in [2.45, 2.75) is 13.5 Å². The number of rotatable bonds is 4. The van der Waals surface area contributed by atoms with Gasteiger partial charge in [0.2, 0.25) is 5.82 Å². The normalized spacial score (nSPS) is 11.0. The number of fused-ring (bicyclic) bond motifs is 1. The Balaban J connectivity index is 1.53. The number of aromatic nitrogens is 2. The van der Waals surface area contributed by atoms with E-state index in [4.69, 9.17) is 13.7 Å². The number of benzene rings is 2. The average molecular weight is 413 g/mol. The summed E-state index contributed by atoms with van der Waals surface area (Å²) in [5.41, 5.74) is 1.80. The lowest BCUT2D eigenvalue weighted by Crippen LogP contribution is -1.99. The van der Waals surface area contributed by atoms with Crippen molar-refractivity contribution < 1.29 is 13.7 Å². The Morgan fingerprint density at radius 2 is 2.04 bits per heavy atom. The lowest BCUT2D eigenvalue weighted by Gasteiger charge is -2.05. The van der Waals surface area contributed by atoms with Gasteiger partial charge < -0.3 is 13.7 Å². The molecular formula is C19H13BrN2O4. The van der Waals surface area contributed by atoms with E-state index in [0.717, 1.165) is 21.0 Å². The second kappa shape index (κ2) is 6.76. The fourth-order valence-electron chi connectivity index (χ4n) is 2.60. The number of halogens is 1. The number of nitrogens with zero attached hydrogens (tertiary/aromatic N) is 2. The minimum Gasteiger partial charge on any atom is -0.484 e. The van der Waals surface area contributed by atoms with E-state index >= 15 is 0 Å². The number of aryl methyl sites for hydroxylation is 1. The van der Waals surface area contributed by atoms with E-state index in [1.807, 2.05) is 37.3 Å². The quantitative estimate of drug-likeness (QED) is 0.459. The van der Waals surface area contributed by atoms with Crippen molar-refractivity contribution in [2.24, 2.45) is 0 Å². The highest BCUT2D eigenvalue weighted by Crippen LogP contribution is 2.24. The molecule has 0 spiro atoms. The molecule has 26 heavy (non-hydrogen) atoms. The van der Waals surface area contributed by atoms with Crippen LogP contribution in [0.25, 0.3) is 22.4 Å². The second-order valence-electron chi connectivity index (χ2n) is 5.72. The maximum atomic E-state index is 11.5. The van der Waals surface area contributed by atoms with Gasteiger partial charge in [0.1, 0.15) is 11.3 Å². The van der Waals surface area contributed by atoms with Crippen molar-refractivity contribution in [2.75, 3.05) is 0 Å². The predicted octanol–water partition coefficient (Wildman–Crippen LogP) is 4.49. The van der Waals surface area contributed by atoms with E-state index in [9.17, 15) is 4.79 Å². The molecule has 2 aromatic heterocycles. The van der Waals surface area contributed by atoms with Crippen molar-refractivity contribution in [1.82, 2.24) is 10.1 Å². The molecular weight excluding hydrogens is 400 g/mol. The van der Waals surface area contributed by atoms with E-state index in [1.54, 1.807) is 12.1 Å². The molecule has 0 amide bonds. The summed E-state index contributed by atoms with van der Waals surface area (Å²) in [6, 6.07) is 14.4. The van der Waals surface area contributed by atoms with Crippen LogP contribution in [0.3, 0.4) is 0 Å². The molecule has 0 saturated heterocycles. The van der Waals surface area contributed by atoms with Gasteiger partial charge >= 0.3 is 5.63 Å². The maximum absolute atomic E-state index is 11.5. The minimum atomic E-state index is -0.386. The molecule has 0 aliphatic rings. The third kappa shape index (κ3) is 3.39.